The van der Waals surface area contributed by atoms with Crippen LogP contribution >= 0.6 is 0 Å². The molecule has 2 aliphatic carbocycles. The minimum Gasteiger partial charge on any atom is -0.350 e. The summed E-state index contributed by atoms with van der Waals surface area (Å²) in [6.45, 7) is 0. The predicted molar refractivity (Wildman–Crippen MR) is 86.6 cm³/mol. The standard InChI is InChI=1S/C20H15N/c1-5-11-18-14(7-1)13-20-17-10-3-2-8-15(17)16-9-4-6-12-19(16)21(18)20/h1-13,18-19H. The summed E-state index contributed by atoms with van der Waals surface area (Å²) in [6, 6.07) is 9.48. The molecule has 0 N–H and O–H groups in total. The van der Waals surface area contributed by atoms with Crippen molar-refractivity contribution in [1.29, 1.82) is 0 Å². The van der Waals surface area contributed by atoms with Crippen molar-refractivity contribution in [2.45, 2.75) is 12.1 Å². The van der Waals surface area contributed by atoms with Gasteiger partial charge in [0, 0.05) is 10.9 Å². The Bertz CT molecular complexity index is 905. The fraction of sp³-hybridized carbons (Fsp3) is 0.100. The van der Waals surface area contributed by atoms with E-state index in [0.717, 1.165) is 0 Å². The molecule has 100 valence electrons. The monoisotopic (exact) mass is 269 g/mol. The lowest BCUT2D eigenvalue weighted by atomic mass is 9.92. The molecule has 0 fully saturated rings. The van der Waals surface area contributed by atoms with E-state index < -0.39 is 0 Å². The fourth-order valence-electron chi connectivity index (χ4n) is 3.84. The molecular formula is C20H15N. The highest BCUT2D eigenvalue weighted by atomic mass is 15.2. The summed E-state index contributed by atoms with van der Waals surface area (Å²) in [5, 5.41) is 2.73. The molecule has 2 aliphatic heterocycles. The zero-order valence-corrected chi connectivity index (χ0v) is 11.6. The van der Waals surface area contributed by atoms with Gasteiger partial charge in [-0.25, -0.2) is 0 Å². The van der Waals surface area contributed by atoms with Gasteiger partial charge in [-0.05, 0) is 22.4 Å². The molecule has 1 heteroatoms. The van der Waals surface area contributed by atoms with Crippen LogP contribution in [0.4, 0.5) is 0 Å². The molecule has 0 spiro atoms. The molecule has 1 aromatic carbocycles. The van der Waals surface area contributed by atoms with Crippen molar-refractivity contribution >= 4 is 11.3 Å². The number of nitrogens with zero attached hydrogens (tertiary/aromatic N) is 1. The van der Waals surface area contributed by atoms with Gasteiger partial charge in [0.1, 0.15) is 0 Å². The molecule has 0 bridgehead atoms. The van der Waals surface area contributed by atoms with Crippen molar-refractivity contribution < 1.29 is 0 Å². The Hall–Kier alpha value is -2.54. The molecule has 2 atom stereocenters. The highest BCUT2D eigenvalue weighted by molar-refractivity contribution is 5.78. The van der Waals surface area contributed by atoms with Crippen LogP contribution < -0.4 is 10.4 Å². The van der Waals surface area contributed by atoms with Crippen molar-refractivity contribution in [2.75, 3.05) is 0 Å². The van der Waals surface area contributed by atoms with Crippen LogP contribution in [0.1, 0.15) is 0 Å². The average Bonchev–Trinajstić information content (AvgIpc) is 2.95. The van der Waals surface area contributed by atoms with Crippen molar-refractivity contribution in [1.82, 2.24) is 4.90 Å². The second kappa shape index (κ2) is 3.98. The summed E-state index contributed by atoms with van der Waals surface area (Å²) in [5.74, 6) is 0. The van der Waals surface area contributed by atoms with E-state index in [0.29, 0.717) is 12.1 Å². The second-order valence-corrected chi connectivity index (χ2v) is 5.82. The van der Waals surface area contributed by atoms with E-state index in [9.17, 15) is 0 Å². The predicted octanol–water partition coefficient (Wildman–Crippen LogP) is 2.19. The van der Waals surface area contributed by atoms with Gasteiger partial charge < -0.3 is 4.90 Å². The van der Waals surface area contributed by atoms with Crippen LogP contribution in [-0.4, -0.2) is 17.0 Å². The molecule has 4 aliphatic rings. The van der Waals surface area contributed by atoms with Crippen molar-refractivity contribution in [2.24, 2.45) is 0 Å². The zero-order chi connectivity index (χ0) is 13.8. The Labute approximate surface area is 123 Å². The minimum absolute atomic E-state index is 0.342. The third kappa shape index (κ3) is 1.41. The van der Waals surface area contributed by atoms with E-state index in [1.165, 1.54) is 27.3 Å². The summed E-state index contributed by atoms with van der Waals surface area (Å²) in [4.78, 5) is 2.55. The SMILES string of the molecule is C1=CC2=CC3=c4ccccc4=C4C=CC=CC4N3C2C=C1. The third-order valence-corrected chi connectivity index (χ3v) is 4.73. The maximum absolute atomic E-state index is 2.55. The highest BCUT2D eigenvalue weighted by Crippen LogP contribution is 2.37. The van der Waals surface area contributed by atoms with Crippen LogP contribution in [0.25, 0.3) is 11.3 Å². The summed E-state index contributed by atoms with van der Waals surface area (Å²) in [6.07, 6.45) is 20.1. The summed E-state index contributed by atoms with van der Waals surface area (Å²) in [7, 11) is 0. The number of benzene rings is 1. The van der Waals surface area contributed by atoms with E-state index in [1.54, 1.807) is 0 Å². The van der Waals surface area contributed by atoms with Gasteiger partial charge >= 0.3 is 0 Å². The molecule has 1 aromatic rings. The topological polar surface area (TPSA) is 3.24 Å². The van der Waals surface area contributed by atoms with Crippen LogP contribution in [-0.2, 0) is 0 Å². The van der Waals surface area contributed by atoms with Crippen LogP contribution in [0.5, 0.6) is 0 Å². The minimum atomic E-state index is 0.342. The Morgan fingerprint density at radius 2 is 1.52 bits per heavy atom. The highest BCUT2D eigenvalue weighted by Gasteiger charge is 2.36. The maximum Gasteiger partial charge on any atom is 0.0745 e. The van der Waals surface area contributed by atoms with Crippen LogP contribution in [0.15, 0.2) is 84.5 Å². The average molecular weight is 269 g/mol. The Balaban J connectivity index is 1.91. The van der Waals surface area contributed by atoms with Gasteiger partial charge in [-0.2, -0.15) is 0 Å². The van der Waals surface area contributed by atoms with Crippen molar-refractivity contribution in [3.63, 3.8) is 0 Å². The lowest BCUT2D eigenvalue weighted by molar-refractivity contribution is 0.374. The van der Waals surface area contributed by atoms with Gasteiger partial charge in [-0.15, -0.1) is 0 Å². The number of fused-ring (bicyclic) bond motifs is 6. The number of hydrogen-bond donors (Lipinski definition) is 0. The molecular weight excluding hydrogens is 254 g/mol. The van der Waals surface area contributed by atoms with E-state index in [2.05, 4.69) is 83.8 Å². The Kier molecular flexibility index (Phi) is 2.12. The molecule has 0 saturated carbocycles. The van der Waals surface area contributed by atoms with E-state index in [-0.39, 0.29) is 0 Å². The zero-order valence-electron chi connectivity index (χ0n) is 11.6. The van der Waals surface area contributed by atoms with Gasteiger partial charge in [0.2, 0.25) is 0 Å². The first-order chi connectivity index (χ1) is 10.4. The van der Waals surface area contributed by atoms with Crippen LogP contribution in [0, 0.1) is 0 Å². The molecule has 5 rings (SSSR count). The summed E-state index contributed by atoms with van der Waals surface area (Å²) < 4.78 is 0. The van der Waals surface area contributed by atoms with E-state index >= 15 is 0 Å². The summed E-state index contributed by atoms with van der Waals surface area (Å²) in [5.41, 5.74) is 4.16. The number of allylic oxidation sites excluding steroid dienone is 4. The van der Waals surface area contributed by atoms with Crippen LogP contribution in [0.2, 0.25) is 0 Å². The first-order valence-electron chi connectivity index (χ1n) is 7.47. The third-order valence-electron chi connectivity index (χ3n) is 4.73. The first-order valence-corrected chi connectivity index (χ1v) is 7.47. The summed E-state index contributed by atoms with van der Waals surface area (Å²) >= 11 is 0. The molecule has 0 radical (unpaired) electrons. The van der Waals surface area contributed by atoms with Crippen molar-refractivity contribution in [3.8, 4) is 0 Å². The van der Waals surface area contributed by atoms with E-state index in [4.69, 9.17) is 0 Å². The fourth-order valence-corrected chi connectivity index (χ4v) is 3.84. The lowest BCUT2D eigenvalue weighted by Gasteiger charge is -2.38. The molecule has 0 aromatic heterocycles. The Morgan fingerprint density at radius 3 is 2.43 bits per heavy atom. The largest absolute Gasteiger partial charge is 0.350 e. The molecule has 2 heterocycles. The number of rotatable bonds is 0. The molecule has 1 nitrogen and oxygen atoms in total. The van der Waals surface area contributed by atoms with Gasteiger partial charge in [0.15, 0.2) is 0 Å². The van der Waals surface area contributed by atoms with Gasteiger partial charge in [-0.3, -0.25) is 0 Å². The molecule has 2 unspecified atom stereocenters. The molecule has 0 amide bonds. The van der Waals surface area contributed by atoms with E-state index in [1.807, 2.05) is 0 Å². The van der Waals surface area contributed by atoms with Gasteiger partial charge in [0.25, 0.3) is 0 Å². The van der Waals surface area contributed by atoms with Crippen LogP contribution in [0.3, 0.4) is 0 Å². The number of hydrogen-bond acceptors (Lipinski definition) is 1. The smallest absolute Gasteiger partial charge is 0.0745 e. The first kappa shape index (κ1) is 11.2. The molecule has 21 heavy (non-hydrogen) atoms. The van der Waals surface area contributed by atoms with Crippen molar-refractivity contribution in [3.05, 3.63) is 95.0 Å². The van der Waals surface area contributed by atoms with Gasteiger partial charge in [-0.1, -0.05) is 72.9 Å². The normalized spacial score (nSPS) is 27.2. The van der Waals surface area contributed by atoms with Gasteiger partial charge in [0.05, 0.1) is 12.1 Å². The maximum atomic E-state index is 2.55. The second-order valence-electron chi connectivity index (χ2n) is 5.82. The Morgan fingerprint density at radius 1 is 0.762 bits per heavy atom. The quantitative estimate of drug-likeness (QED) is 0.698. The molecule has 0 saturated heterocycles. The lowest BCUT2D eigenvalue weighted by Crippen LogP contribution is -2.49.